The van der Waals surface area contributed by atoms with Crippen molar-refractivity contribution in [1.29, 1.82) is 0 Å². The second-order valence-corrected chi connectivity index (χ2v) is 11.9. The number of aliphatic carboxylic acids is 2. The molecule has 0 heterocycles. The molecule has 0 aromatic heterocycles. The van der Waals surface area contributed by atoms with E-state index >= 15 is 0 Å². The molecule has 0 saturated carbocycles. The molecule has 6 heteroatoms. The fraction of sp³-hybridized carbons (Fsp3) is 0.944. The van der Waals surface area contributed by atoms with Gasteiger partial charge >= 0.3 is 11.9 Å². The summed E-state index contributed by atoms with van der Waals surface area (Å²) in [4.78, 5) is 20.6. The molecule has 0 aromatic rings. The number of unbranched alkanes of at least 4 members (excludes halogenated alkanes) is 26. The van der Waals surface area contributed by atoms with Gasteiger partial charge in [0.25, 0.3) is 0 Å². The van der Waals surface area contributed by atoms with Gasteiger partial charge in [-0.05, 0) is 12.8 Å². The molecule has 4 N–H and O–H groups in total. The van der Waals surface area contributed by atoms with Gasteiger partial charge in [-0.3, -0.25) is 9.59 Å². The quantitative estimate of drug-likeness (QED) is 0.0587. The third kappa shape index (κ3) is 54.9. The van der Waals surface area contributed by atoms with Crippen molar-refractivity contribution >= 4 is 11.9 Å². The van der Waals surface area contributed by atoms with Crippen LogP contribution in [0.3, 0.4) is 0 Å². The largest absolute Gasteiger partial charge is 0.481 e. The number of rotatable bonds is 31. The van der Waals surface area contributed by atoms with Crippen LogP contribution in [0, 0.1) is 0 Å². The van der Waals surface area contributed by atoms with Gasteiger partial charge in [0.2, 0.25) is 0 Å². The highest BCUT2D eigenvalue weighted by Crippen LogP contribution is 2.14. The highest BCUT2D eigenvalue weighted by Gasteiger charge is 1.98. The molecule has 0 spiro atoms. The first-order chi connectivity index (χ1) is 20.5. The van der Waals surface area contributed by atoms with Gasteiger partial charge in [0.15, 0.2) is 0 Å². The Balaban J connectivity index is -0.000000644. The number of carboxylic acid groups (broad SMARTS) is 2. The van der Waals surface area contributed by atoms with Crippen LogP contribution >= 0.6 is 0 Å². The lowest BCUT2D eigenvalue weighted by atomic mass is 10.0. The molecular weight excluding hydrogens is 528 g/mol. The Morgan fingerprint density at radius 1 is 0.333 bits per heavy atom. The topological polar surface area (TPSA) is 115 Å². The molecule has 0 amide bonds. The number of hydrogen-bond donors (Lipinski definition) is 4. The van der Waals surface area contributed by atoms with E-state index in [-0.39, 0.29) is 13.2 Å². The molecule has 0 rings (SSSR count). The van der Waals surface area contributed by atoms with Gasteiger partial charge in [-0.1, -0.05) is 181 Å². The summed E-state index contributed by atoms with van der Waals surface area (Å²) in [5.41, 5.74) is 0. The van der Waals surface area contributed by atoms with Crippen LogP contribution in [0.15, 0.2) is 0 Å². The van der Waals surface area contributed by atoms with Gasteiger partial charge in [-0.2, -0.15) is 0 Å². The minimum absolute atomic E-state index is 0.125. The van der Waals surface area contributed by atoms with Crippen LogP contribution in [0.5, 0.6) is 0 Å². The van der Waals surface area contributed by atoms with Crippen molar-refractivity contribution in [3.8, 4) is 0 Å². The van der Waals surface area contributed by atoms with Gasteiger partial charge in [0.05, 0.1) is 13.2 Å². The molecule has 0 aliphatic heterocycles. The average molecular weight is 603 g/mol. The Kier molecular flexibility index (Phi) is 47.8. The van der Waals surface area contributed by atoms with Crippen molar-refractivity contribution in [3.05, 3.63) is 0 Å². The molecule has 6 nitrogen and oxygen atoms in total. The molecular formula is C36H74O6. The lowest BCUT2D eigenvalue weighted by Crippen LogP contribution is -1.93. The number of aliphatic hydroxyl groups is 2. The van der Waals surface area contributed by atoms with E-state index in [9.17, 15) is 9.59 Å². The lowest BCUT2D eigenvalue weighted by Gasteiger charge is -2.03. The Bertz CT molecular complexity index is 495. The molecule has 254 valence electrons. The van der Waals surface area contributed by atoms with E-state index in [4.69, 9.17) is 20.4 Å². The second-order valence-electron chi connectivity index (χ2n) is 11.9. The van der Waals surface area contributed by atoms with Crippen LogP contribution in [0.25, 0.3) is 0 Å². The summed E-state index contributed by atoms with van der Waals surface area (Å²) >= 11 is 0. The molecule has 0 unspecified atom stereocenters. The third-order valence-corrected chi connectivity index (χ3v) is 7.59. The number of aliphatic hydroxyl groups excluding tert-OH is 2. The number of hydrogen-bond acceptors (Lipinski definition) is 4. The van der Waals surface area contributed by atoms with Crippen LogP contribution in [-0.2, 0) is 9.59 Å². The van der Waals surface area contributed by atoms with E-state index in [0.717, 1.165) is 25.7 Å². The Hall–Kier alpha value is -1.14. The maximum atomic E-state index is 10.3. The predicted molar refractivity (Wildman–Crippen MR) is 179 cm³/mol. The molecule has 42 heavy (non-hydrogen) atoms. The number of carbonyl (C=O) groups is 2. The van der Waals surface area contributed by atoms with E-state index in [1.165, 1.54) is 154 Å². The maximum absolute atomic E-state index is 10.3. The van der Waals surface area contributed by atoms with Crippen molar-refractivity contribution in [2.45, 2.75) is 206 Å². The van der Waals surface area contributed by atoms with Crippen LogP contribution in [0.4, 0.5) is 0 Å². The summed E-state index contributed by atoms with van der Waals surface area (Å²) in [6.07, 6.45) is 37.5. The van der Waals surface area contributed by atoms with Crippen molar-refractivity contribution in [2.75, 3.05) is 13.2 Å². The van der Waals surface area contributed by atoms with Crippen molar-refractivity contribution in [3.63, 3.8) is 0 Å². The third-order valence-electron chi connectivity index (χ3n) is 7.59. The van der Waals surface area contributed by atoms with E-state index in [0.29, 0.717) is 12.8 Å². The van der Waals surface area contributed by atoms with Crippen LogP contribution in [0.1, 0.15) is 206 Å². The molecule has 0 saturated heterocycles. The zero-order chi connectivity index (χ0) is 31.8. The highest BCUT2D eigenvalue weighted by molar-refractivity contribution is 5.66. The summed E-state index contributed by atoms with van der Waals surface area (Å²) < 4.78 is 0. The van der Waals surface area contributed by atoms with Crippen LogP contribution < -0.4 is 0 Å². The predicted octanol–water partition coefficient (Wildman–Crippen LogP) is 10.9. The first kappa shape index (κ1) is 45.3. The average Bonchev–Trinajstić information content (AvgIpc) is 2.97. The highest BCUT2D eigenvalue weighted by atomic mass is 16.4. The Morgan fingerprint density at radius 3 is 0.643 bits per heavy atom. The summed E-state index contributed by atoms with van der Waals surface area (Å²) in [7, 11) is 0. The lowest BCUT2D eigenvalue weighted by molar-refractivity contribution is -0.138. The molecule has 0 aliphatic rings. The molecule has 0 fully saturated rings. The van der Waals surface area contributed by atoms with Crippen molar-refractivity contribution in [2.24, 2.45) is 0 Å². The minimum Gasteiger partial charge on any atom is -0.481 e. The van der Waals surface area contributed by atoms with Gasteiger partial charge < -0.3 is 20.4 Å². The van der Waals surface area contributed by atoms with Gasteiger partial charge in [-0.15, -0.1) is 0 Å². The second kappa shape index (κ2) is 44.3. The van der Waals surface area contributed by atoms with E-state index in [2.05, 4.69) is 13.8 Å². The molecule has 0 aromatic carbocycles. The maximum Gasteiger partial charge on any atom is 0.303 e. The van der Waals surface area contributed by atoms with E-state index in [1.54, 1.807) is 0 Å². The first-order valence-electron chi connectivity index (χ1n) is 18.1. The number of carboxylic acids is 2. The zero-order valence-corrected chi connectivity index (χ0v) is 28.2. The normalized spacial score (nSPS) is 10.5. The fourth-order valence-electron chi connectivity index (χ4n) is 4.94. The fourth-order valence-corrected chi connectivity index (χ4v) is 4.94. The smallest absolute Gasteiger partial charge is 0.303 e. The summed E-state index contributed by atoms with van der Waals surface area (Å²) in [5.74, 6) is -1.31. The van der Waals surface area contributed by atoms with Crippen LogP contribution in [0.2, 0.25) is 0 Å². The SMILES string of the molecule is CCCCCCCCCCCCCCCC(=O)O.CCCCCCCCCCCCCCCCCC(=O)O.OCCO. The monoisotopic (exact) mass is 603 g/mol. The van der Waals surface area contributed by atoms with Crippen molar-refractivity contribution in [1.82, 2.24) is 0 Å². The summed E-state index contributed by atoms with van der Waals surface area (Å²) in [6, 6.07) is 0. The minimum atomic E-state index is -0.655. The van der Waals surface area contributed by atoms with E-state index < -0.39 is 11.9 Å². The molecule has 0 atom stereocenters. The summed E-state index contributed by atoms with van der Waals surface area (Å²) in [5, 5.41) is 32.3. The molecule has 0 radical (unpaired) electrons. The van der Waals surface area contributed by atoms with Gasteiger partial charge in [0.1, 0.15) is 0 Å². The van der Waals surface area contributed by atoms with Gasteiger partial charge in [0, 0.05) is 12.8 Å². The summed E-state index contributed by atoms with van der Waals surface area (Å²) in [6.45, 7) is 4.28. The Morgan fingerprint density at radius 2 is 0.500 bits per heavy atom. The first-order valence-corrected chi connectivity index (χ1v) is 18.1. The zero-order valence-electron chi connectivity index (χ0n) is 28.2. The Labute approximate surface area is 261 Å². The van der Waals surface area contributed by atoms with Crippen LogP contribution in [-0.4, -0.2) is 45.6 Å². The molecule has 0 bridgehead atoms. The van der Waals surface area contributed by atoms with Gasteiger partial charge in [-0.25, -0.2) is 0 Å². The van der Waals surface area contributed by atoms with Crippen molar-refractivity contribution < 1.29 is 30.0 Å². The standard InChI is InChI=1S/C18H36O2.C16H32O2.C2H6O2/c1-2-3-4-5-6-7-8-9-10-11-12-13-14-15-16-17-18(19)20;1-2-3-4-5-6-7-8-9-10-11-12-13-14-15-16(17)18;3-1-2-4/h2-17H2,1H3,(H,19,20);2-15H2,1H3,(H,17,18);3-4H,1-2H2. The van der Waals surface area contributed by atoms with E-state index in [1.807, 2.05) is 0 Å². The molecule has 0 aliphatic carbocycles.